The second-order valence-electron chi connectivity index (χ2n) is 5.90. The topological polar surface area (TPSA) is 65.6 Å². The molecule has 1 fully saturated rings. The molecular weight excluding hydrogens is 316 g/mol. The van der Waals surface area contributed by atoms with Gasteiger partial charge in [-0.05, 0) is 36.4 Å². The zero-order valence-corrected chi connectivity index (χ0v) is 14.2. The summed E-state index contributed by atoms with van der Waals surface area (Å²) in [4.78, 5) is 14.3. The van der Waals surface area contributed by atoms with Gasteiger partial charge in [0.25, 0.3) is 0 Å². The molecule has 2 aromatic carbocycles. The van der Waals surface area contributed by atoms with Gasteiger partial charge in [0.2, 0.25) is 0 Å². The van der Waals surface area contributed by atoms with Crippen molar-refractivity contribution in [3.05, 3.63) is 54.6 Å². The Bertz CT molecular complexity index is 655. The summed E-state index contributed by atoms with van der Waals surface area (Å²) in [6.07, 6.45) is 0. The van der Waals surface area contributed by atoms with Gasteiger partial charge in [-0.2, -0.15) is 0 Å². The molecule has 6 nitrogen and oxygen atoms in total. The van der Waals surface area contributed by atoms with Crippen LogP contribution in [0.2, 0.25) is 0 Å². The maximum atomic E-state index is 12.0. The number of hydrogen-bond acceptors (Lipinski definition) is 4. The number of amides is 2. The molecule has 2 aromatic rings. The Hall–Kier alpha value is -2.57. The summed E-state index contributed by atoms with van der Waals surface area (Å²) in [5.74, 6) is 0. The van der Waals surface area contributed by atoms with Crippen molar-refractivity contribution in [1.82, 2.24) is 4.90 Å². The Labute approximate surface area is 148 Å². The van der Waals surface area contributed by atoms with Crippen molar-refractivity contribution in [2.75, 3.05) is 55.3 Å². The lowest BCUT2D eigenvalue weighted by atomic mass is 10.2. The Morgan fingerprint density at radius 2 is 1.48 bits per heavy atom. The van der Waals surface area contributed by atoms with Crippen LogP contribution in [0.25, 0.3) is 0 Å². The fraction of sp³-hybridized carbons (Fsp3) is 0.316. The summed E-state index contributed by atoms with van der Waals surface area (Å²) in [6, 6.07) is 16.8. The SMILES string of the molecule is O=C(Nc1ccccc1)Nc1ccc(NCCN2CCOCC2)cc1. The molecule has 1 saturated heterocycles. The molecule has 3 N–H and O–H groups in total. The number of nitrogens with zero attached hydrogens (tertiary/aromatic N) is 1. The van der Waals surface area contributed by atoms with Crippen LogP contribution in [0.15, 0.2) is 54.6 Å². The summed E-state index contributed by atoms with van der Waals surface area (Å²) in [6.45, 7) is 5.54. The first-order valence-corrected chi connectivity index (χ1v) is 8.57. The van der Waals surface area contributed by atoms with Crippen molar-refractivity contribution in [1.29, 1.82) is 0 Å². The lowest BCUT2D eigenvalue weighted by Gasteiger charge is -2.26. The molecular formula is C19H24N4O2. The van der Waals surface area contributed by atoms with Gasteiger partial charge in [-0.1, -0.05) is 18.2 Å². The second kappa shape index (κ2) is 9.05. The van der Waals surface area contributed by atoms with Crippen molar-refractivity contribution < 1.29 is 9.53 Å². The Morgan fingerprint density at radius 1 is 0.880 bits per heavy atom. The van der Waals surface area contributed by atoms with Crippen LogP contribution < -0.4 is 16.0 Å². The maximum Gasteiger partial charge on any atom is 0.323 e. The number of morpholine rings is 1. The minimum Gasteiger partial charge on any atom is -0.384 e. The van der Waals surface area contributed by atoms with Crippen molar-refractivity contribution in [3.8, 4) is 0 Å². The molecule has 0 aromatic heterocycles. The Kier molecular flexibility index (Phi) is 6.25. The average molecular weight is 340 g/mol. The smallest absolute Gasteiger partial charge is 0.323 e. The number of hydrogen-bond donors (Lipinski definition) is 3. The lowest BCUT2D eigenvalue weighted by molar-refractivity contribution is 0.0398. The molecule has 0 radical (unpaired) electrons. The van der Waals surface area contributed by atoms with Crippen molar-refractivity contribution >= 4 is 23.1 Å². The van der Waals surface area contributed by atoms with Gasteiger partial charge in [0.1, 0.15) is 0 Å². The fourth-order valence-electron chi connectivity index (χ4n) is 2.67. The van der Waals surface area contributed by atoms with Gasteiger partial charge in [-0.3, -0.25) is 4.90 Å². The highest BCUT2D eigenvalue weighted by Gasteiger charge is 2.09. The van der Waals surface area contributed by atoms with Crippen molar-refractivity contribution in [2.24, 2.45) is 0 Å². The molecule has 0 bridgehead atoms. The van der Waals surface area contributed by atoms with E-state index in [1.54, 1.807) is 0 Å². The third-order valence-electron chi connectivity index (χ3n) is 4.04. The van der Waals surface area contributed by atoms with Gasteiger partial charge in [-0.15, -0.1) is 0 Å². The Balaban J connectivity index is 1.41. The fourth-order valence-corrected chi connectivity index (χ4v) is 2.67. The molecule has 25 heavy (non-hydrogen) atoms. The summed E-state index contributed by atoms with van der Waals surface area (Å²) < 4.78 is 5.34. The lowest BCUT2D eigenvalue weighted by Crippen LogP contribution is -2.38. The highest BCUT2D eigenvalue weighted by molar-refractivity contribution is 5.99. The van der Waals surface area contributed by atoms with Gasteiger partial charge in [0.05, 0.1) is 13.2 Å². The van der Waals surface area contributed by atoms with Crippen molar-refractivity contribution in [2.45, 2.75) is 0 Å². The molecule has 132 valence electrons. The minimum absolute atomic E-state index is 0.251. The van der Waals surface area contributed by atoms with Crippen LogP contribution in [0.4, 0.5) is 21.9 Å². The van der Waals surface area contributed by atoms with Crippen LogP contribution >= 0.6 is 0 Å². The summed E-state index contributed by atoms with van der Waals surface area (Å²) in [5.41, 5.74) is 2.57. The Morgan fingerprint density at radius 3 is 2.16 bits per heavy atom. The van der Waals surface area contributed by atoms with Crippen LogP contribution in [-0.2, 0) is 4.74 Å². The number of carbonyl (C=O) groups excluding carboxylic acids is 1. The summed E-state index contributed by atoms with van der Waals surface area (Å²) in [5, 5.41) is 9.02. The van der Waals surface area contributed by atoms with Gasteiger partial charge in [0, 0.05) is 43.2 Å². The molecule has 0 spiro atoms. The van der Waals surface area contributed by atoms with Crippen LogP contribution in [0.5, 0.6) is 0 Å². The number of rotatable bonds is 6. The van der Waals surface area contributed by atoms with Crippen molar-refractivity contribution in [3.63, 3.8) is 0 Å². The minimum atomic E-state index is -0.251. The molecule has 0 atom stereocenters. The molecule has 2 amide bonds. The van der Waals surface area contributed by atoms with E-state index in [0.29, 0.717) is 0 Å². The number of para-hydroxylation sites is 1. The first-order valence-electron chi connectivity index (χ1n) is 8.57. The van der Waals surface area contributed by atoms with E-state index in [9.17, 15) is 4.79 Å². The molecule has 0 aliphatic carbocycles. The number of benzene rings is 2. The molecule has 0 saturated carbocycles. The van der Waals surface area contributed by atoms with Crippen LogP contribution in [0.1, 0.15) is 0 Å². The normalized spacial score (nSPS) is 14.7. The highest BCUT2D eigenvalue weighted by atomic mass is 16.5. The van der Waals surface area contributed by atoms with E-state index in [1.165, 1.54) is 0 Å². The van der Waals surface area contributed by atoms with E-state index in [0.717, 1.165) is 56.5 Å². The number of ether oxygens (including phenoxy) is 1. The average Bonchev–Trinajstić information content (AvgIpc) is 2.65. The zero-order valence-electron chi connectivity index (χ0n) is 14.2. The first kappa shape index (κ1) is 17.3. The molecule has 6 heteroatoms. The highest BCUT2D eigenvalue weighted by Crippen LogP contribution is 2.14. The second-order valence-corrected chi connectivity index (χ2v) is 5.90. The molecule has 1 heterocycles. The number of anilines is 3. The van der Waals surface area contributed by atoms with E-state index >= 15 is 0 Å². The summed E-state index contributed by atoms with van der Waals surface area (Å²) >= 11 is 0. The van der Waals surface area contributed by atoms with E-state index < -0.39 is 0 Å². The molecule has 1 aliphatic heterocycles. The largest absolute Gasteiger partial charge is 0.384 e. The monoisotopic (exact) mass is 340 g/mol. The number of carbonyl (C=O) groups is 1. The third kappa shape index (κ3) is 5.77. The summed E-state index contributed by atoms with van der Waals surface area (Å²) in [7, 11) is 0. The van der Waals surface area contributed by atoms with Gasteiger partial charge in [0.15, 0.2) is 0 Å². The predicted molar refractivity (Wildman–Crippen MR) is 101 cm³/mol. The first-order chi connectivity index (χ1) is 12.3. The van der Waals surface area contributed by atoms with Gasteiger partial charge in [-0.25, -0.2) is 4.79 Å². The molecule has 0 unspecified atom stereocenters. The molecule has 3 rings (SSSR count). The number of urea groups is 1. The van der Waals surface area contributed by atoms with Crippen LogP contribution in [0.3, 0.4) is 0 Å². The van der Waals surface area contributed by atoms with Gasteiger partial charge >= 0.3 is 6.03 Å². The van der Waals surface area contributed by atoms with E-state index in [2.05, 4.69) is 20.9 Å². The predicted octanol–water partition coefficient (Wildman–Crippen LogP) is 3.07. The number of nitrogens with one attached hydrogen (secondary N) is 3. The van der Waals surface area contributed by atoms with E-state index in [1.807, 2.05) is 54.6 Å². The third-order valence-corrected chi connectivity index (χ3v) is 4.04. The van der Waals surface area contributed by atoms with Crippen LogP contribution in [-0.4, -0.2) is 50.3 Å². The maximum absolute atomic E-state index is 12.0. The standard InChI is InChI=1S/C19H24N4O2/c24-19(21-17-4-2-1-3-5-17)22-18-8-6-16(7-9-18)20-10-11-23-12-14-25-15-13-23/h1-9,20H,10-15H2,(H2,21,22,24). The van der Waals surface area contributed by atoms with Crippen LogP contribution in [0, 0.1) is 0 Å². The quantitative estimate of drug-likeness (QED) is 0.756. The van der Waals surface area contributed by atoms with E-state index in [4.69, 9.17) is 4.74 Å². The molecule has 1 aliphatic rings. The van der Waals surface area contributed by atoms with E-state index in [-0.39, 0.29) is 6.03 Å². The zero-order chi connectivity index (χ0) is 17.3. The van der Waals surface area contributed by atoms with Gasteiger partial charge < -0.3 is 20.7 Å².